The molecule has 1 atom stereocenters. The summed E-state index contributed by atoms with van der Waals surface area (Å²) in [5.41, 5.74) is 6.44. The molecule has 29 heavy (non-hydrogen) atoms. The first-order chi connectivity index (χ1) is 13.8. The maximum Gasteiger partial charge on any atom is 0.328 e. The molecule has 0 saturated heterocycles. The van der Waals surface area contributed by atoms with Crippen molar-refractivity contribution in [3.05, 3.63) is 41.2 Å². The largest absolute Gasteiger partial charge is 0.480 e. The molecule has 0 aliphatic carbocycles. The normalized spacial score (nSPS) is 12.4. The predicted octanol–water partition coefficient (Wildman–Crippen LogP) is 4.97. The highest BCUT2D eigenvalue weighted by Crippen LogP contribution is 2.34. The number of fused-ring (bicyclic) bond motifs is 1. The third kappa shape index (κ3) is 3.84. The first-order valence-electron chi connectivity index (χ1n) is 9.99. The molecular formula is C23H29N3O3. The minimum absolute atomic E-state index is 0.249. The van der Waals surface area contributed by atoms with Crippen LogP contribution in [0.4, 0.5) is 0 Å². The summed E-state index contributed by atoms with van der Waals surface area (Å²) in [6, 6.07) is 5.69. The van der Waals surface area contributed by atoms with Gasteiger partial charge in [-0.3, -0.25) is 0 Å². The first kappa shape index (κ1) is 20.8. The fourth-order valence-electron chi connectivity index (χ4n) is 3.51. The van der Waals surface area contributed by atoms with Crippen LogP contribution in [0.3, 0.4) is 0 Å². The highest BCUT2D eigenvalue weighted by atomic mass is 16.5. The number of methoxy groups -OCH3 is 1. The van der Waals surface area contributed by atoms with E-state index < -0.39 is 6.04 Å². The maximum absolute atomic E-state index is 12.3. The van der Waals surface area contributed by atoms with Crippen LogP contribution in [0.2, 0.25) is 0 Å². The lowest BCUT2D eigenvalue weighted by molar-refractivity contribution is -0.146. The number of esters is 1. The zero-order chi connectivity index (χ0) is 21.3. The Morgan fingerprint density at radius 2 is 1.86 bits per heavy atom. The van der Waals surface area contributed by atoms with Gasteiger partial charge in [-0.2, -0.15) is 0 Å². The molecule has 0 spiro atoms. The molecular weight excluding hydrogens is 366 g/mol. The lowest BCUT2D eigenvalue weighted by Crippen LogP contribution is -2.18. The molecule has 0 aromatic carbocycles. The Bertz CT molecular complexity index is 1050. The van der Waals surface area contributed by atoms with Gasteiger partial charge >= 0.3 is 5.97 Å². The summed E-state index contributed by atoms with van der Waals surface area (Å²) < 4.78 is 12.7. The van der Waals surface area contributed by atoms with Crippen molar-refractivity contribution in [2.24, 2.45) is 0 Å². The fraction of sp³-hybridized carbons (Fsp3) is 0.435. The molecule has 0 amide bonds. The van der Waals surface area contributed by atoms with E-state index >= 15 is 0 Å². The van der Waals surface area contributed by atoms with Gasteiger partial charge in [-0.25, -0.2) is 14.8 Å². The molecule has 6 heteroatoms. The predicted molar refractivity (Wildman–Crippen MR) is 114 cm³/mol. The van der Waals surface area contributed by atoms with E-state index in [4.69, 9.17) is 14.5 Å². The third-order valence-corrected chi connectivity index (χ3v) is 5.14. The van der Waals surface area contributed by atoms with E-state index in [9.17, 15) is 4.79 Å². The highest BCUT2D eigenvalue weighted by molar-refractivity contribution is 5.87. The molecule has 0 bridgehead atoms. The van der Waals surface area contributed by atoms with E-state index in [0.717, 1.165) is 39.1 Å². The number of aryl methyl sites for hydroxylation is 2. The number of rotatable bonds is 6. The molecule has 3 aromatic rings. The number of nitrogens with zero attached hydrogens (tertiary/aromatic N) is 3. The van der Waals surface area contributed by atoms with Crippen molar-refractivity contribution in [1.82, 2.24) is 14.5 Å². The van der Waals surface area contributed by atoms with Crippen LogP contribution in [0.15, 0.2) is 24.4 Å². The highest BCUT2D eigenvalue weighted by Gasteiger charge is 2.22. The number of carbonyl (C=O) groups is 1. The van der Waals surface area contributed by atoms with Crippen molar-refractivity contribution in [3.63, 3.8) is 0 Å². The third-order valence-electron chi connectivity index (χ3n) is 5.14. The van der Waals surface area contributed by atoms with E-state index in [1.54, 1.807) is 7.11 Å². The molecule has 0 radical (unpaired) electrons. The zero-order valence-corrected chi connectivity index (χ0v) is 18.2. The number of aromatic nitrogens is 3. The van der Waals surface area contributed by atoms with Crippen molar-refractivity contribution < 1.29 is 14.3 Å². The van der Waals surface area contributed by atoms with E-state index in [-0.39, 0.29) is 5.97 Å². The second kappa shape index (κ2) is 8.23. The average Bonchev–Trinajstić information content (AvgIpc) is 3.01. The molecule has 3 heterocycles. The average molecular weight is 396 g/mol. The van der Waals surface area contributed by atoms with Crippen molar-refractivity contribution in [3.8, 4) is 17.1 Å². The Kier molecular flexibility index (Phi) is 5.91. The summed E-state index contributed by atoms with van der Waals surface area (Å²) in [5, 5.41) is 0. The molecule has 3 rings (SSSR count). The van der Waals surface area contributed by atoms with Crippen LogP contribution in [0.25, 0.3) is 22.3 Å². The SMILES string of the molecule is CCOC(=O)C(C)n1cc(C)c2nc(-c3ccc(C(C)C)nc3OC)c(C)cc21. The second-order valence-corrected chi connectivity index (χ2v) is 7.62. The Hall–Kier alpha value is -2.89. The maximum atomic E-state index is 12.3. The monoisotopic (exact) mass is 395 g/mol. The number of carbonyl (C=O) groups excluding carboxylic acids is 1. The summed E-state index contributed by atoms with van der Waals surface area (Å²) in [7, 11) is 1.63. The Morgan fingerprint density at radius 3 is 2.48 bits per heavy atom. The molecule has 0 saturated carbocycles. The van der Waals surface area contributed by atoms with E-state index in [1.807, 2.05) is 50.6 Å². The topological polar surface area (TPSA) is 66.2 Å². The molecule has 0 aliphatic heterocycles. The fourth-order valence-corrected chi connectivity index (χ4v) is 3.51. The van der Waals surface area contributed by atoms with E-state index in [1.165, 1.54) is 0 Å². The van der Waals surface area contributed by atoms with Crippen LogP contribution in [0, 0.1) is 13.8 Å². The summed E-state index contributed by atoms with van der Waals surface area (Å²) >= 11 is 0. The van der Waals surface area contributed by atoms with Gasteiger partial charge in [-0.05, 0) is 62.9 Å². The van der Waals surface area contributed by atoms with Gasteiger partial charge < -0.3 is 14.0 Å². The molecule has 0 aliphatic rings. The summed E-state index contributed by atoms with van der Waals surface area (Å²) in [6.45, 7) is 12.2. The van der Waals surface area contributed by atoms with Crippen molar-refractivity contribution in [1.29, 1.82) is 0 Å². The van der Waals surface area contributed by atoms with Crippen LogP contribution < -0.4 is 4.74 Å². The second-order valence-electron chi connectivity index (χ2n) is 7.62. The Labute approximate surface area is 171 Å². The van der Waals surface area contributed by atoms with Gasteiger partial charge in [0.25, 0.3) is 0 Å². The van der Waals surface area contributed by atoms with E-state index in [2.05, 4.69) is 24.9 Å². The summed E-state index contributed by atoms with van der Waals surface area (Å²) in [6.07, 6.45) is 1.96. The van der Waals surface area contributed by atoms with Gasteiger partial charge in [0.15, 0.2) is 0 Å². The first-order valence-corrected chi connectivity index (χ1v) is 9.99. The van der Waals surface area contributed by atoms with Crippen LogP contribution in [-0.4, -0.2) is 34.2 Å². The van der Waals surface area contributed by atoms with Crippen LogP contribution >= 0.6 is 0 Å². The molecule has 154 valence electrons. The molecule has 3 aromatic heterocycles. The molecule has 0 fully saturated rings. The Morgan fingerprint density at radius 1 is 1.14 bits per heavy atom. The molecule has 0 N–H and O–H groups in total. The summed E-state index contributed by atoms with van der Waals surface area (Å²) in [4.78, 5) is 21.9. The van der Waals surface area contributed by atoms with Gasteiger partial charge in [-0.15, -0.1) is 0 Å². The molecule has 6 nitrogen and oxygen atoms in total. The number of ether oxygens (including phenoxy) is 2. The smallest absolute Gasteiger partial charge is 0.328 e. The van der Waals surface area contributed by atoms with Gasteiger partial charge in [0.05, 0.1) is 36.0 Å². The van der Waals surface area contributed by atoms with Gasteiger partial charge in [0.2, 0.25) is 5.88 Å². The quantitative estimate of drug-likeness (QED) is 0.551. The van der Waals surface area contributed by atoms with E-state index in [0.29, 0.717) is 18.4 Å². The lowest BCUT2D eigenvalue weighted by Gasteiger charge is -2.15. The standard InChI is InChI=1S/C23H29N3O3/c1-8-29-23(27)16(6)26-12-15(5)21-19(26)11-14(4)20(25-21)17-9-10-18(13(2)3)24-22(17)28-7/h9-13,16H,8H2,1-7H3. The summed E-state index contributed by atoms with van der Waals surface area (Å²) in [5.74, 6) is 0.638. The van der Waals surface area contributed by atoms with Gasteiger partial charge in [-0.1, -0.05) is 13.8 Å². The number of hydrogen-bond acceptors (Lipinski definition) is 5. The van der Waals surface area contributed by atoms with Crippen molar-refractivity contribution >= 4 is 17.0 Å². The molecule has 1 unspecified atom stereocenters. The lowest BCUT2D eigenvalue weighted by atomic mass is 10.0. The minimum Gasteiger partial charge on any atom is -0.480 e. The van der Waals surface area contributed by atoms with Gasteiger partial charge in [0, 0.05) is 11.9 Å². The van der Waals surface area contributed by atoms with Gasteiger partial charge in [0.1, 0.15) is 6.04 Å². The van der Waals surface area contributed by atoms with Crippen molar-refractivity contribution in [2.45, 2.75) is 53.5 Å². The zero-order valence-electron chi connectivity index (χ0n) is 18.2. The Balaban J connectivity index is 2.15. The number of pyridine rings is 2. The van der Waals surface area contributed by atoms with Crippen LogP contribution in [0.1, 0.15) is 56.5 Å². The number of hydrogen-bond donors (Lipinski definition) is 0. The van der Waals surface area contributed by atoms with Crippen LogP contribution in [0.5, 0.6) is 5.88 Å². The minimum atomic E-state index is -0.417. The van der Waals surface area contributed by atoms with Crippen molar-refractivity contribution in [2.75, 3.05) is 13.7 Å². The van der Waals surface area contributed by atoms with Crippen LogP contribution in [-0.2, 0) is 9.53 Å².